The number of nitriles is 1. The Morgan fingerprint density at radius 3 is 2.33 bits per heavy atom. The van der Waals surface area contributed by atoms with E-state index in [-0.39, 0.29) is 16.8 Å². The van der Waals surface area contributed by atoms with Gasteiger partial charge in [0, 0.05) is 24.1 Å². The fraction of sp³-hybridized carbons (Fsp3) is 0.478. The lowest BCUT2D eigenvalue weighted by atomic mass is 9.60. The van der Waals surface area contributed by atoms with Gasteiger partial charge in [-0.05, 0) is 42.8 Å². The molecule has 0 N–H and O–H groups in total. The Kier molecular flexibility index (Phi) is 5.62. The second-order valence-electron chi connectivity index (χ2n) is 8.65. The maximum absolute atomic E-state index is 14.6. The fourth-order valence-electron chi connectivity index (χ4n) is 4.07. The normalized spacial score (nSPS) is 17.4. The molecule has 0 unspecified atom stereocenters. The summed E-state index contributed by atoms with van der Waals surface area (Å²) in [4.78, 5) is 6.45. The molecule has 3 rings (SSSR count). The van der Waals surface area contributed by atoms with Crippen LogP contribution in [0.4, 0.5) is 4.39 Å². The van der Waals surface area contributed by atoms with Crippen molar-refractivity contribution in [3.8, 4) is 17.3 Å². The van der Waals surface area contributed by atoms with Gasteiger partial charge in [0.1, 0.15) is 0 Å². The lowest BCUT2D eigenvalue weighted by molar-refractivity contribution is 0.00678. The largest absolute Gasteiger partial charge is 0.299 e. The molecule has 0 bridgehead atoms. The molecule has 1 aliphatic heterocycles. The predicted molar refractivity (Wildman–Crippen MR) is 106 cm³/mol. The molecule has 1 aliphatic rings. The van der Waals surface area contributed by atoms with Crippen LogP contribution < -0.4 is 0 Å². The van der Waals surface area contributed by atoms with Crippen LogP contribution in [0.1, 0.15) is 45.6 Å². The van der Waals surface area contributed by atoms with E-state index in [0.717, 1.165) is 31.5 Å². The van der Waals surface area contributed by atoms with Gasteiger partial charge in [0.2, 0.25) is 5.95 Å². The van der Waals surface area contributed by atoms with Crippen molar-refractivity contribution in [2.24, 2.45) is 10.8 Å². The molecule has 2 heterocycles. The van der Waals surface area contributed by atoms with Gasteiger partial charge in [-0.25, -0.2) is 4.98 Å². The summed E-state index contributed by atoms with van der Waals surface area (Å²) >= 11 is 0. The van der Waals surface area contributed by atoms with Crippen LogP contribution in [0.25, 0.3) is 11.3 Å². The minimum atomic E-state index is -0.388. The molecule has 1 aromatic heterocycles. The first-order valence-electron chi connectivity index (χ1n) is 9.65. The summed E-state index contributed by atoms with van der Waals surface area (Å²) in [6.07, 6.45) is 2.54. The first kappa shape index (κ1) is 19.5. The second-order valence-corrected chi connectivity index (χ2v) is 8.65. The number of hydrogen-bond acceptors (Lipinski definition) is 3. The van der Waals surface area contributed by atoms with E-state index >= 15 is 0 Å². The third-order valence-electron chi connectivity index (χ3n) is 6.21. The Labute approximate surface area is 161 Å². The number of likely N-dealkylation sites (tertiary alicyclic amines) is 1. The van der Waals surface area contributed by atoms with Crippen LogP contribution in [0.2, 0.25) is 0 Å². The van der Waals surface area contributed by atoms with E-state index in [1.165, 1.54) is 0 Å². The highest BCUT2D eigenvalue weighted by molar-refractivity contribution is 5.58. The highest BCUT2D eigenvalue weighted by Gasteiger charge is 2.43. The van der Waals surface area contributed by atoms with E-state index in [1.54, 1.807) is 0 Å². The fourth-order valence-corrected chi connectivity index (χ4v) is 4.07. The van der Waals surface area contributed by atoms with Gasteiger partial charge >= 0.3 is 0 Å². The third kappa shape index (κ3) is 4.20. The maximum Gasteiger partial charge on any atom is 0.217 e. The first-order chi connectivity index (χ1) is 12.8. The van der Waals surface area contributed by atoms with Gasteiger partial charge < -0.3 is 0 Å². The summed E-state index contributed by atoms with van der Waals surface area (Å²) in [7, 11) is 0. The monoisotopic (exact) mass is 365 g/mol. The van der Waals surface area contributed by atoms with Gasteiger partial charge in [-0.15, -0.1) is 0 Å². The minimum Gasteiger partial charge on any atom is -0.299 e. The minimum absolute atomic E-state index is 0.0478. The van der Waals surface area contributed by atoms with Crippen LogP contribution in [0, 0.1) is 28.1 Å². The van der Waals surface area contributed by atoms with Crippen molar-refractivity contribution in [1.29, 1.82) is 5.26 Å². The highest BCUT2D eigenvalue weighted by Crippen LogP contribution is 2.49. The second kappa shape index (κ2) is 7.78. The van der Waals surface area contributed by atoms with E-state index in [0.29, 0.717) is 24.2 Å². The first-order valence-corrected chi connectivity index (χ1v) is 9.65. The molecular weight excluding hydrogens is 337 g/mol. The van der Waals surface area contributed by atoms with Crippen molar-refractivity contribution in [3.05, 3.63) is 54.0 Å². The van der Waals surface area contributed by atoms with Crippen LogP contribution in [-0.4, -0.2) is 23.0 Å². The number of nitrogens with zero attached hydrogens (tertiary/aromatic N) is 3. The molecule has 142 valence electrons. The lowest BCUT2D eigenvalue weighted by Gasteiger charge is -2.49. The van der Waals surface area contributed by atoms with Crippen LogP contribution in [0.3, 0.4) is 0 Å². The molecule has 0 aliphatic carbocycles. The molecule has 0 amide bonds. The van der Waals surface area contributed by atoms with Crippen LogP contribution >= 0.6 is 0 Å². The van der Waals surface area contributed by atoms with E-state index in [9.17, 15) is 9.65 Å². The van der Waals surface area contributed by atoms with Gasteiger partial charge in [0.25, 0.3) is 0 Å². The number of pyridine rings is 1. The molecule has 1 aromatic carbocycles. The topological polar surface area (TPSA) is 39.9 Å². The predicted octanol–water partition coefficient (Wildman–Crippen LogP) is 5.43. The quantitative estimate of drug-likeness (QED) is 0.678. The van der Waals surface area contributed by atoms with Crippen LogP contribution in [-0.2, 0) is 6.54 Å². The molecule has 4 heteroatoms. The van der Waals surface area contributed by atoms with Crippen molar-refractivity contribution in [3.63, 3.8) is 0 Å². The molecular formula is C23H28FN3. The van der Waals surface area contributed by atoms with Gasteiger partial charge in [-0.1, -0.05) is 57.2 Å². The Morgan fingerprint density at radius 1 is 1.11 bits per heavy atom. The summed E-state index contributed by atoms with van der Waals surface area (Å²) in [6.45, 7) is 9.03. The van der Waals surface area contributed by atoms with Crippen molar-refractivity contribution in [2.45, 2.75) is 46.6 Å². The Hall–Kier alpha value is -2.25. The van der Waals surface area contributed by atoms with Gasteiger partial charge in [-0.2, -0.15) is 9.65 Å². The number of hydrogen-bond donors (Lipinski definition) is 0. The number of aromatic nitrogens is 1. The summed E-state index contributed by atoms with van der Waals surface area (Å²) in [5, 5.41) is 9.28. The number of piperidine rings is 1. The zero-order valence-electron chi connectivity index (χ0n) is 16.5. The molecule has 0 saturated carbocycles. The molecule has 2 aromatic rings. The van der Waals surface area contributed by atoms with Crippen molar-refractivity contribution >= 4 is 0 Å². The average Bonchev–Trinajstić information content (AvgIpc) is 2.65. The van der Waals surface area contributed by atoms with Crippen molar-refractivity contribution in [1.82, 2.24) is 9.88 Å². The third-order valence-corrected chi connectivity index (χ3v) is 6.21. The van der Waals surface area contributed by atoms with E-state index in [4.69, 9.17) is 0 Å². The molecule has 3 nitrogen and oxygen atoms in total. The Balaban J connectivity index is 1.68. The van der Waals surface area contributed by atoms with E-state index < -0.39 is 0 Å². The van der Waals surface area contributed by atoms with Gasteiger partial charge in [-0.3, -0.25) is 4.90 Å². The van der Waals surface area contributed by atoms with Crippen LogP contribution in [0.15, 0.2) is 42.5 Å². The highest BCUT2D eigenvalue weighted by atomic mass is 19.1. The SMILES string of the molecule is CC(C)(C)C1(CC#N)CCN(Cc2ccc(-c3ccccc3)nc2F)CC1. The summed E-state index contributed by atoms with van der Waals surface area (Å²) in [5.41, 5.74) is 2.37. The number of halogens is 1. The standard InChI is InChI=1S/C23H28FN3/c1-22(2,3)23(11-14-25)12-15-27(16-13-23)17-19-9-10-20(26-21(19)24)18-7-5-4-6-8-18/h4-10H,11-13,15-17H2,1-3H3. The molecule has 0 spiro atoms. The Bertz CT molecular complexity index is 810. The zero-order chi connectivity index (χ0) is 19.5. The van der Waals surface area contributed by atoms with Crippen molar-refractivity contribution < 1.29 is 4.39 Å². The molecule has 1 fully saturated rings. The number of rotatable bonds is 4. The van der Waals surface area contributed by atoms with E-state index in [1.807, 2.05) is 42.5 Å². The Morgan fingerprint density at radius 2 is 1.78 bits per heavy atom. The molecule has 0 radical (unpaired) electrons. The molecule has 1 saturated heterocycles. The van der Waals surface area contributed by atoms with Crippen LogP contribution in [0.5, 0.6) is 0 Å². The molecule has 0 atom stereocenters. The number of benzene rings is 1. The smallest absolute Gasteiger partial charge is 0.217 e. The zero-order valence-corrected chi connectivity index (χ0v) is 16.5. The summed E-state index contributed by atoms with van der Waals surface area (Å²) < 4.78 is 14.6. The van der Waals surface area contributed by atoms with E-state index in [2.05, 4.69) is 36.7 Å². The lowest BCUT2D eigenvalue weighted by Crippen LogP contribution is -2.46. The average molecular weight is 365 g/mol. The van der Waals surface area contributed by atoms with Gasteiger partial charge in [0.15, 0.2) is 0 Å². The maximum atomic E-state index is 14.6. The molecule has 27 heavy (non-hydrogen) atoms. The summed E-state index contributed by atoms with van der Waals surface area (Å²) in [6, 6.07) is 15.8. The summed E-state index contributed by atoms with van der Waals surface area (Å²) in [5.74, 6) is -0.388. The van der Waals surface area contributed by atoms with Crippen molar-refractivity contribution in [2.75, 3.05) is 13.1 Å². The van der Waals surface area contributed by atoms with Gasteiger partial charge in [0.05, 0.1) is 11.8 Å².